The molecule has 1 aromatic heterocycles. The van der Waals surface area contributed by atoms with E-state index >= 15 is 0 Å². The first kappa shape index (κ1) is 12.5. The second-order valence-corrected chi connectivity index (χ2v) is 5.20. The molecule has 1 aliphatic heterocycles. The molecule has 1 unspecified atom stereocenters. The Bertz CT molecular complexity index is 340. The fourth-order valence-corrected chi connectivity index (χ4v) is 2.41. The summed E-state index contributed by atoms with van der Waals surface area (Å²) >= 11 is 0. The molecular formula is C12H23N5. The molecule has 5 nitrogen and oxygen atoms in total. The van der Waals surface area contributed by atoms with E-state index in [2.05, 4.69) is 41.2 Å². The summed E-state index contributed by atoms with van der Waals surface area (Å²) in [5.41, 5.74) is 0. The van der Waals surface area contributed by atoms with Crippen LogP contribution in [-0.2, 0) is 6.54 Å². The normalized spacial score (nSPS) is 20.6. The number of aromatic nitrogens is 3. The number of nitrogens with one attached hydrogen (secondary N) is 1. The Morgan fingerprint density at radius 3 is 3.06 bits per heavy atom. The Morgan fingerprint density at radius 2 is 2.41 bits per heavy atom. The van der Waals surface area contributed by atoms with Crippen molar-refractivity contribution in [3.63, 3.8) is 0 Å². The van der Waals surface area contributed by atoms with Gasteiger partial charge < -0.3 is 5.32 Å². The lowest BCUT2D eigenvalue weighted by atomic mass is 10.2. The highest BCUT2D eigenvalue weighted by Crippen LogP contribution is 2.10. The van der Waals surface area contributed by atoms with Gasteiger partial charge in [-0.15, -0.1) is 0 Å². The molecule has 0 amide bonds. The molecule has 0 radical (unpaired) electrons. The zero-order valence-corrected chi connectivity index (χ0v) is 11.1. The van der Waals surface area contributed by atoms with Gasteiger partial charge in [0, 0.05) is 18.6 Å². The molecule has 1 N–H and O–H groups in total. The Hall–Kier alpha value is -0.940. The van der Waals surface area contributed by atoms with Crippen LogP contribution in [0.2, 0.25) is 0 Å². The van der Waals surface area contributed by atoms with Crippen molar-refractivity contribution in [3.05, 3.63) is 12.2 Å². The minimum absolute atomic E-state index is 0.380. The Kier molecular flexibility index (Phi) is 4.12. The van der Waals surface area contributed by atoms with E-state index < -0.39 is 0 Å². The van der Waals surface area contributed by atoms with E-state index in [0.717, 1.165) is 18.9 Å². The second-order valence-electron chi connectivity index (χ2n) is 5.20. The third-order valence-electron chi connectivity index (χ3n) is 3.24. The molecule has 17 heavy (non-hydrogen) atoms. The van der Waals surface area contributed by atoms with Gasteiger partial charge in [-0.1, -0.05) is 0 Å². The molecule has 1 aliphatic rings. The highest BCUT2D eigenvalue weighted by atomic mass is 15.4. The van der Waals surface area contributed by atoms with Gasteiger partial charge in [-0.2, -0.15) is 5.10 Å². The number of rotatable bonds is 5. The van der Waals surface area contributed by atoms with Gasteiger partial charge in [-0.3, -0.25) is 4.90 Å². The maximum atomic E-state index is 4.34. The summed E-state index contributed by atoms with van der Waals surface area (Å²) in [6.07, 6.45) is 4.25. The van der Waals surface area contributed by atoms with Gasteiger partial charge in [0.15, 0.2) is 0 Å². The lowest BCUT2D eigenvalue weighted by Crippen LogP contribution is -2.35. The fourth-order valence-electron chi connectivity index (χ4n) is 2.41. The zero-order chi connectivity index (χ0) is 12.3. The second kappa shape index (κ2) is 5.60. The molecule has 1 aromatic rings. The van der Waals surface area contributed by atoms with Crippen LogP contribution in [-0.4, -0.2) is 45.8 Å². The highest BCUT2D eigenvalue weighted by molar-refractivity contribution is 4.87. The molecule has 1 saturated heterocycles. The van der Waals surface area contributed by atoms with Crippen LogP contribution in [0, 0.1) is 0 Å². The third kappa shape index (κ3) is 3.26. The molecule has 0 spiro atoms. The first-order valence-corrected chi connectivity index (χ1v) is 6.47. The van der Waals surface area contributed by atoms with E-state index in [1.807, 2.05) is 4.68 Å². The summed E-state index contributed by atoms with van der Waals surface area (Å²) < 4.78 is 2.00. The molecule has 0 saturated carbocycles. The van der Waals surface area contributed by atoms with Crippen molar-refractivity contribution in [2.45, 2.75) is 45.3 Å². The average molecular weight is 237 g/mol. The van der Waals surface area contributed by atoms with Gasteiger partial charge in [0.1, 0.15) is 12.2 Å². The molecule has 1 fully saturated rings. The van der Waals surface area contributed by atoms with Gasteiger partial charge in [-0.05, 0) is 40.3 Å². The van der Waals surface area contributed by atoms with Crippen LogP contribution in [0.25, 0.3) is 0 Å². The first-order chi connectivity index (χ1) is 8.16. The molecular weight excluding hydrogens is 214 g/mol. The van der Waals surface area contributed by atoms with Crippen LogP contribution in [0.5, 0.6) is 0 Å². The van der Waals surface area contributed by atoms with E-state index in [4.69, 9.17) is 0 Å². The molecule has 1 atom stereocenters. The SMILES string of the molecule is CC(C)n1ncnc1CN(C)CC1CCCN1. The van der Waals surface area contributed by atoms with E-state index in [-0.39, 0.29) is 0 Å². The number of nitrogens with zero attached hydrogens (tertiary/aromatic N) is 4. The van der Waals surface area contributed by atoms with Crippen molar-refractivity contribution in [1.82, 2.24) is 25.0 Å². The maximum absolute atomic E-state index is 4.34. The monoisotopic (exact) mass is 237 g/mol. The van der Waals surface area contributed by atoms with E-state index in [0.29, 0.717) is 12.1 Å². The number of hydrogen-bond donors (Lipinski definition) is 1. The van der Waals surface area contributed by atoms with Crippen molar-refractivity contribution >= 4 is 0 Å². The highest BCUT2D eigenvalue weighted by Gasteiger charge is 2.17. The summed E-state index contributed by atoms with van der Waals surface area (Å²) in [7, 11) is 2.15. The van der Waals surface area contributed by atoms with E-state index in [9.17, 15) is 0 Å². The van der Waals surface area contributed by atoms with Crippen LogP contribution in [0.15, 0.2) is 6.33 Å². The minimum atomic E-state index is 0.380. The lowest BCUT2D eigenvalue weighted by molar-refractivity contribution is 0.278. The third-order valence-corrected chi connectivity index (χ3v) is 3.24. The lowest BCUT2D eigenvalue weighted by Gasteiger charge is -2.21. The van der Waals surface area contributed by atoms with E-state index in [1.54, 1.807) is 6.33 Å². The molecule has 96 valence electrons. The summed E-state index contributed by atoms with van der Waals surface area (Å²) in [6, 6.07) is 1.03. The predicted octanol–water partition coefficient (Wildman–Crippen LogP) is 1.04. The molecule has 2 rings (SSSR count). The average Bonchev–Trinajstić information content (AvgIpc) is 2.88. The van der Waals surface area contributed by atoms with E-state index in [1.165, 1.54) is 19.4 Å². The Balaban J connectivity index is 1.88. The zero-order valence-electron chi connectivity index (χ0n) is 11.1. The van der Waals surface area contributed by atoms with Crippen LogP contribution >= 0.6 is 0 Å². The Labute approximate surface area is 103 Å². The van der Waals surface area contributed by atoms with Crippen LogP contribution in [0.1, 0.15) is 38.6 Å². The first-order valence-electron chi connectivity index (χ1n) is 6.47. The van der Waals surface area contributed by atoms with Crippen LogP contribution in [0.4, 0.5) is 0 Å². The van der Waals surface area contributed by atoms with Gasteiger partial charge >= 0.3 is 0 Å². The Morgan fingerprint density at radius 1 is 1.59 bits per heavy atom. The quantitative estimate of drug-likeness (QED) is 0.831. The largest absolute Gasteiger partial charge is 0.313 e. The predicted molar refractivity (Wildman–Crippen MR) is 67.8 cm³/mol. The molecule has 2 heterocycles. The van der Waals surface area contributed by atoms with Gasteiger partial charge in [0.05, 0.1) is 6.54 Å². The van der Waals surface area contributed by atoms with Gasteiger partial charge in [0.2, 0.25) is 0 Å². The van der Waals surface area contributed by atoms with Crippen molar-refractivity contribution < 1.29 is 0 Å². The van der Waals surface area contributed by atoms with Gasteiger partial charge in [-0.25, -0.2) is 9.67 Å². The standard InChI is InChI=1S/C12H23N5/c1-10(2)17-12(14-9-15-17)8-16(3)7-11-5-4-6-13-11/h9-11,13H,4-8H2,1-3H3. The van der Waals surface area contributed by atoms with Crippen LogP contribution < -0.4 is 5.32 Å². The smallest absolute Gasteiger partial charge is 0.141 e. The maximum Gasteiger partial charge on any atom is 0.141 e. The van der Waals surface area contributed by atoms with Crippen molar-refractivity contribution in [2.24, 2.45) is 0 Å². The summed E-state index contributed by atoms with van der Waals surface area (Å²) in [5, 5.41) is 7.78. The van der Waals surface area contributed by atoms with Crippen molar-refractivity contribution in [3.8, 4) is 0 Å². The molecule has 0 aliphatic carbocycles. The van der Waals surface area contributed by atoms with Crippen LogP contribution in [0.3, 0.4) is 0 Å². The molecule has 0 bridgehead atoms. The van der Waals surface area contributed by atoms with Crippen molar-refractivity contribution in [2.75, 3.05) is 20.1 Å². The summed E-state index contributed by atoms with van der Waals surface area (Å²) in [5.74, 6) is 1.06. The molecule has 0 aromatic carbocycles. The molecule has 5 heteroatoms. The topological polar surface area (TPSA) is 46.0 Å². The minimum Gasteiger partial charge on any atom is -0.313 e. The fraction of sp³-hybridized carbons (Fsp3) is 0.833. The number of hydrogen-bond acceptors (Lipinski definition) is 4. The summed E-state index contributed by atoms with van der Waals surface area (Å²) in [4.78, 5) is 6.67. The summed E-state index contributed by atoms with van der Waals surface area (Å²) in [6.45, 7) is 7.40. The number of likely N-dealkylation sites (N-methyl/N-ethyl adjacent to an activating group) is 1. The van der Waals surface area contributed by atoms with Gasteiger partial charge in [0.25, 0.3) is 0 Å². The van der Waals surface area contributed by atoms with Crippen molar-refractivity contribution in [1.29, 1.82) is 0 Å².